The lowest BCUT2D eigenvalue weighted by atomic mass is 10.3. The smallest absolute Gasteiger partial charge is 0.404 e. The van der Waals surface area contributed by atoms with E-state index in [4.69, 9.17) is 9.05 Å². The molecular formula is C8H10O6P2. The summed E-state index contributed by atoms with van der Waals surface area (Å²) in [6.07, 6.45) is 0. The Labute approximate surface area is 94.4 Å². The minimum Gasteiger partial charge on any atom is -0.404 e. The Morgan fingerprint density at radius 2 is 1.69 bits per heavy atom. The third-order valence-corrected chi connectivity index (χ3v) is 3.23. The highest BCUT2D eigenvalue weighted by Crippen LogP contribution is 2.50. The van der Waals surface area contributed by atoms with Gasteiger partial charge >= 0.3 is 16.5 Å². The first kappa shape index (κ1) is 13.1. The van der Waals surface area contributed by atoms with Crippen LogP contribution >= 0.6 is 16.5 Å². The predicted octanol–water partition coefficient (Wildman–Crippen LogP) is 3.05. The van der Waals surface area contributed by atoms with Crippen LogP contribution in [0.4, 0.5) is 0 Å². The van der Waals surface area contributed by atoms with Gasteiger partial charge < -0.3 is 9.05 Å². The van der Waals surface area contributed by atoms with E-state index in [1.165, 1.54) is 26.4 Å². The molecule has 1 aromatic rings. The van der Waals surface area contributed by atoms with Gasteiger partial charge in [0.1, 0.15) is 0 Å². The fourth-order valence-electron chi connectivity index (χ4n) is 0.911. The van der Waals surface area contributed by atoms with E-state index >= 15 is 0 Å². The van der Waals surface area contributed by atoms with Gasteiger partial charge in [0, 0.05) is 14.2 Å². The summed E-state index contributed by atoms with van der Waals surface area (Å²) in [5.74, 6) is 0.298. The molecule has 0 amide bonds. The van der Waals surface area contributed by atoms with Crippen LogP contribution in [-0.2, 0) is 18.2 Å². The Balaban J connectivity index is 2.95. The van der Waals surface area contributed by atoms with Gasteiger partial charge in [0.15, 0.2) is 11.5 Å². The second kappa shape index (κ2) is 5.97. The number of benzene rings is 1. The summed E-state index contributed by atoms with van der Waals surface area (Å²) in [6, 6.07) is 6.29. The molecular weight excluding hydrogens is 254 g/mol. The molecule has 0 radical (unpaired) electrons. The third kappa shape index (κ3) is 3.29. The molecule has 1 rings (SSSR count). The standard InChI is InChI=1S/C8H10O6P2/c1-11-16(10,12-2)14-8-6-4-3-5-7(8)13-15-9/h3-6H,1-2H3. The lowest BCUT2D eigenvalue weighted by molar-refractivity contribution is 0.210. The number of phosphoric acid groups is 1. The SMILES string of the molecule is COP(=O)(OC)Oc1ccccc1OP=O. The summed E-state index contributed by atoms with van der Waals surface area (Å²) in [7, 11) is -1.79. The van der Waals surface area contributed by atoms with E-state index in [0.717, 1.165) is 0 Å². The van der Waals surface area contributed by atoms with Gasteiger partial charge in [-0.1, -0.05) is 12.1 Å². The van der Waals surface area contributed by atoms with Crippen molar-refractivity contribution < 1.29 is 27.2 Å². The first-order chi connectivity index (χ1) is 7.65. The zero-order chi connectivity index (χ0) is 12.0. The number of para-hydroxylation sites is 2. The van der Waals surface area contributed by atoms with Gasteiger partial charge in [0.25, 0.3) is 0 Å². The molecule has 0 unspecified atom stereocenters. The Hall–Kier alpha value is -0.930. The summed E-state index contributed by atoms with van der Waals surface area (Å²) in [5, 5.41) is 0. The number of phosphoric ester groups is 1. The van der Waals surface area contributed by atoms with E-state index in [1.807, 2.05) is 0 Å². The van der Waals surface area contributed by atoms with Gasteiger partial charge in [-0.15, -0.1) is 0 Å². The zero-order valence-corrected chi connectivity index (χ0v) is 10.4. The highest BCUT2D eigenvalue weighted by atomic mass is 31.2. The van der Waals surface area contributed by atoms with Crippen molar-refractivity contribution in [2.45, 2.75) is 0 Å². The summed E-state index contributed by atoms with van der Waals surface area (Å²) in [5.41, 5.74) is 0. The van der Waals surface area contributed by atoms with Gasteiger partial charge in [-0.2, -0.15) is 0 Å². The molecule has 0 atom stereocenters. The van der Waals surface area contributed by atoms with Crippen molar-refractivity contribution in [3.05, 3.63) is 24.3 Å². The second-order valence-corrected chi connectivity index (χ2v) is 4.66. The molecule has 0 saturated carbocycles. The maximum Gasteiger partial charge on any atom is 0.529 e. The van der Waals surface area contributed by atoms with Crippen LogP contribution in [0.1, 0.15) is 0 Å². The zero-order valence-electron chi connectivity index (χ0n) is 8.65. The molecule has 16 heavy (non-hydrogen) atoms. The van der Waals surface area contributed by atoms with Crippen LogP contribution in [0, 0.1) is 0 Å². The largest absolute Gasteiger partial charge is 0.529 e. The summed E-state index contributed by atoms with van der Waals surface area (Å²) < 4.78 is 40.9. The van der Waals surface area contributed by atoms with Crippen LogP contribution in [0.3, 0.4) is 0 Å². The van der Waals surface area contributed by atoms with E-state index in [-0.39, 0.29) is 11.5 Å². The van der Waals surface area contributed by atoms with Crippen molar-refractivity contribution in [2.75, 3.05) is 14.2 Å². The lowest BCUT2D eigenvalue weighted by Crippen LogP contribution is -1.98. The molecule has 1 aromatic carbocycles. The molecule has 0 aromatic heterocycles. The van der Waals surface area contributed by atoms with E-state index < -0.39 is 16.5 Å². The first-order valence-corrected chi connectivity index (χ1v) is 6.34. The molecule has 0 heterocycles. The molecule has 0 spiro atoms. The molecule has 6 nitrogen and oxygen atoms in total. The Morgan fingerprint density at radius 3 is 2.19 bits per heavy atom. The van der Waals surface area contributed by atoms with E-state index in [9.17, 15) is 9.13 Å². The van der Waals surface area contributed by atoms with Gasteiger partial charge in [-0.25, -0.2) is 9.13 Å². The third-order valence-electron chi connectivity index (χ3n) is 1.64. The highest BCUT2D eigenvalue weighted by molar-refractivity contribution is 7.48. The van der Waals surface area contributed by atoms with Crippen LogP contribution in [0.2, 0.25) is 0 Å². The fraction of sp³-hybridized carbons (Fsp3) is 0.250. The minimum absolute atomic E-state index is 0.123. The number of hydrogen-bond donors (Lipinski definition) is 0. The normalized spacial score (nSPS) is 11.4. The topological polar surface area (TPSA) is 71.1 Å². The van der Waals surface area contributed by atoms with Gasteiger partial charge in [-0.05, 0) is 12.1 Å². The van der Waals surface area contributed by atoms with Crippen LogP contribution in [0.5, 0.6) is 11.5 Å². The average Bonchev–Trinajstić information content (AvgIpc) is 2.32. The Morgan fingerprint density at radius 1 is 1.12 bits per heavy atom. The first-order valence-electron chi connectivity index (χ1n) is 4.15. The van der Waals surface area contributed by atoms with Gasteiger partial charge in [-0.3, -0.25) is 9.05 Å². The lowest BCUT2D eigenvalue weighted by Gasteiger charge is -2.15. The molecule has 0 aliphatic rings. The summed E-state index contributed by atoms with van der Waals surface area (Å²) >= 11 is 0. The number of hydrogen-bond acceptors (Lipinski definition) is 6. The monoisotopic (exact) mass is 264 g/mol. The Kier molecular flexibility index (Phi) is 4.90. The quantitative estimate of drug-likeness (QED) is 0.735. The van der Waals surface area contributed by atoms with Crippen molar-refractivity contribution in [1.82, 2.24) is 0 Å². The molecule has 0 bridgehead atoms. The molecule has 0 fully saturated rings. The van der Waals surface area contributed by atoms with Gasteiger partial charge in [0.2, 0.25) is 0 Å². The molecule has 88 valence electrons. The molecule has 0 N–H and O–H groups in total. The van der Waals surface area contributed by atoms with Gasteiger partial charge in [0.05, 0.1) is 0 Å². The Bertz CT molecular complexity index is 399. The maximum atomic E-state index is 11.7. The van der Waals surface area contributed by atoms with E-state index in [1.54, 1.807) is 12.1 Å². The van der Waals surface area contributed by atoms with Crippen molar-refractivity contribution in [3.63, 3.8) is 0 Å². The minimum atomic E-state index is -3.64. The molecule has 0 saturated heterocycles. The number of rotatable bonds is 6. The molecule has 0 aliphatic carbocycles. The van der Waals surface area contributed by atoms with Crippen molar-refractivity contribution in [1.29, 1.82) is 0 Å². The van der Waals surface area contributed by atoms with E-state index in [2.05, 4.69) is 9.05 Å². The van der Waals surface area contributed by atoms with Crippen LogP contribution < -0.4 is 9.05 Å². The highest BCUT2D eigenvalue weighted by Gasteiger charge is 2.26. The molecule has 0 aliphatic heterocycles. The van der Waals surface area contributed by atoms with Crippen LogP contribution in [0.25, 0.3) is 0 Å². The van der Waals surface area contributed by atoms with Crippen molar-refractivity contribution in [2.24, 2.45) is 0 Å². The van der Waals surface area contributed by atoms with E-state index in [0.29, 0.717) is 0 Å². The average molecular weight is 264 g/mol. The van der Waals surface area contributed by atoms with Crippen molar-refractivity contribution in [3.8, 4) is 11.5 Å². The van der Waals surface area contributed by atoms with Crippen LogP contribution in [0.15, 0.2) is 24.3 Å². The molecule has 8 heteroatoms. The second-order valence-electron chi connectivity index (χ2n) is 2.52. The van der Waals surface area contributed by atoms with Crippen molar-refractivity contribution >= 4 is 16.5 Å². The summed E-state index contributed by atoms with van der Waals surface area (Å²) in [6.45, 7) is 0. The summed E-state index contributed by atoms with van der Waals surface area (Å²) in [4.78, 5) is 0. The van der Waals surface area contributed by atoms with Crippen LogP contribution in [-0.4, -0.2) is 14.2 Å². The fourth-order valence-corrected chi connectivity index (χ4v) is 1.83. The maximum absolute atomic E-state index is 11.7. The predicted molar refractivity (Wildman–Crippen MR) is 56.9 cm³/mol.